The van der Waals surface area contributed by atoms with Crippen LogP contribution in [0.1, 0.15) is 30.7 Å². The number of rotatable bonds is 1. The summed E-state index contributed by atoms with van der Waals surface area (Å²) >= 11 is 0. The minimum atomic E-state index is 0.575. The SMILES string of the molecule is C1=CC(c2cnc3ccccc3c2)CCC1. The molecule has 0 spiro atoms. The highest BCUT2D eigenvalue weighted by atomic mass is 14.6. The number of hydrogen-bond acceptors (Lipinski definition) is 1. The lowest BCUT2D eigenvalue weighted by Gasteiger charge is -2.16. The van der Waals surface area contributed by atoms with Gasteiger partial charge >= 0.3 is 0 Å². The van der Waals surface area contributed by atoms with Crippen molar-refractivity contribution in [3.05, 3.63) is 54.2 Å². The minimum Gasteiger partial charge on any atom is -0.256 e. The van der Waals surface area contributed by atoms with Gasteiger partial charge in [0.1, 0.15) is 0 Å². The van der Waals surface area contributed by atoms with E-state index in [0.717, 1.165) is 5.52 Å². The van der Waals surface area contributed by atoms with Crippen molar-refractivity contribution in [2.45, 2.75) is 25.2 Å². The van der Waals surface area contributed by atoms with E-state index >= 15 is 0 Å². The Morgan fingerprint density at radius 3 is 3.00 bits per heavy atom. The fourth-order valence-corrected chi connectivity index (χ4v) is 2.38. The highest BCUT2D eigenvalue weighted by Gasteiger charge is 2.11. The maximum absolute atomic E-state index is 4.52. The van der Waals surface area contributed by atoms with Gasteiger partial charge in [0, 0.05) is 17.5 Å². The first kappa shape index (κ1) is 9.59. The summed E-state index contributed by atoms with van der Waals surface area (Å²) in [5.74, 6) is 0.575. The van der Waals surface area contributed by atoms with Crippen molar-refractivity contribution >= 4 is 10.9 Å². The molecule has 0 fully saturated rings. The number of nitrogens with zero attached hydrogens (tertiary/aromatic N) is 1. The maximum atomic E-state index is 4.52. The van der Waals surface area contributed by atoms with Gasteiger partial charge in [-0.25, -0.2) is 0 Å². The predicted octanol–water partition coefficient (Wildman–Crippen LogP) is 4.06. The molecular formula is C15H15N. The highest BCUT2D eigenvalue weighted by molar-refractivity contribution is 5.78. The lowest BCUT2D eigenvalue weighted by atomic mass is 9.90. The topological polar surface area (TPSA) is 12.9 Å². The largest absolute Gasteiger partial charge is 0.256 e. The summed E-state index contributed by atoms with van der Waals surface area (Å²) < 4.78 is 0. The Labute approximate surface area is 95.8 Å². The molecule has 0 aliphatic heterocycles. The van der Waals surface area contributed by atoms with Gasteiger partial charge in [-0.05, 0) is 37.0 Å². The fraction of sp³-hybridized carbons (Fsp3) is 0.267. The molecule has 1 atom stereocenters. The van der Waals surface area contributed by atoms with E-state index in [4.69, 9.17) is 0 Å². The summed E-state index contributed by atoms with van der Waals surface area (Å²) in [7, 11) is 0. The summed E-state index contributed by atoms with van der Waals surface area (Å²) in [4.78, 5) is 4.52. The predicted molar refractivity (Wildman–Crippen MR) is 67.5 cm³/mol. The van der Waals surface area contributed by atoms with Crippen molar-refractivity contribution in [1.82, 2.24) is 4.98 Å². The lowest BCUT2D eigenvalue weighted by Crippen LogP contribution is -1.99. The molecule has 80 valence electrons. The zero-order valence-corrected chi connectivity index (χ0v) is 9.26. The number of fused-ring (bicyclic) bond motifs is 1. The molecule has 0 radical (unpaired) electrons. The van der Waals surface area contributed by atoms with Gasteiger partial charge in [0.2, 0.25) is 0 Å². The molecule has 0 amide bonds. The normalized spacial score (nSPS) is 20.1. The second-order valence-electron chi connectivity index (χ2n) is 4.43. The molecule has 3 rings (SSSR count). The maximum Gasteiger partial charge on any atom is 0.0702 e. The van der Waals surface area contributed by atoms with Crippen LogP contribution in [0.3, 0.4) is 0 Å². The van der Waals surface area contributed by atoms with Crippen molar-refractivity contribution in [1.29, 1.82) is 0 Å². The van der Waals surface area contributed by atoms with E-state index in [9.17, 15) is 0 Å². The van der Waals surface area contributed by atoms with Crippen molar-refractivity contribution in [2.75, 3.05) is 0 Å². The van der Waals surface area contributed by atoms with Crippen molar-refractivity contribution in [2.24, 2.45) is 0 Å². The van der Waals surface area contributed by atoms with Crippen LogP contribution in [0.5, 0.6) is 0 Å². The smallest absolute Gasteiger partial charge is 0.0702 e. The van der Waals surface area contributed by atoms with Crippen LogP contribution >= 0.6 is 0 Å². The second-order valence-corrected chi connectivity index (χ2v) is 4.43. The van der Waals surface area contributed by atoms with Gasteiger partial charge in [-0.1, -0.05) is 30.4 Å². The number of aromatic nitrogens is 1. The van der Waals surface area contributed by atoms with Gasteiger partial charge in [-0.15, -0.1) is 0 Å². The van der Waals surface area contributed by atoms with Gasteiger partial charge < -0.3 is 0 Å². The number of pyridine rings is 1. The third-order valence-corrected chi connectivity index (χ3v) is 3.29. The van der Waals surface area contributed by atoms with E-state index in [1.807, 2.05) is 12.3 Å². The van der Waals surface area contributed by atoms with E-state index in [-0.39, 0.29) is 0 Å². The second kappa shape index (κ2) is 4.09. The summed E-state index contributed by atoms with van der Waals surface area (Å²) in [5, 5.41) is 1.25. The molecule has 1 aromatic heterocycles. The van der Waals surface area contributed by atoms with Crippen molar-refractivity contribution < 1.29 is 0 Å². The van der Waals surface area contributed by atoms with Crippen LogP contribution in [0.2, 0.25) is 0 Å². The third-order valence-electron chi connectivity index (χ3n) is 3.29. The molecule has 1 unspecified atom stereocenters. The monoisotopic (exact) mass is 209 g/mol. The quantitative estimate of drug-likeness (QED) is 0.645. The number of benzene rings is 1. The third kappa shape index (κ3) is 1.73. The molecule has 0 saturated heterocycles. The number of hydrogen-bond donors (Lipinski definition) is 0. The van der Waals surface area contributed by atoms with Crippen molar-refractivity contribution in [3.63, 3.8) is 0 Å². The fourth-order valence-electron chi connectivity index (χ4n) is 2.38. The Morgan fingerprint density at radius 1 is 1.19 bits per heavy atom. The van der Waals surface area contributed by atoms with E-state index in [1.54, 1.807) is 0 Å². The molecule has 1 heteroatoms. The van der Waals surface area contributed by atoms with Crippen LogP contribution in [-0.4, -0.2) is 4.98 Å². The standard InChI is InChI=1S/C15H15N/c1-2-6-12(7-3-1)14-10-13-8-4-5-9-15(13)16-11-14/h2,4-6,8-12H,1,3,7H2. The van der Waals surface area contributed by atoms with Gasteiger partial charge in [-0.2, -0.15) is 0 Å². The summed E-state index contributed by atoms with van der Waals surface area (Å²) in [6.07, 6.45) is 10.4. The van der Waals surface area contributed by atoms with Gasteiger partial charge in [-0.3, -0.25) is 4.98 Å². The van der Waals surface area contributed by atoms with E-state index < -0.39 is 0 Å². The van der Waals surface area contributed by atoms with Crippen LogP contribution < -0.4 is 0 Å². The van der Waals surface area contributed by atoms with Crippen LogP contribution in [0.4, 0.5) is 0 Å². The lowest BCUT2D eigenvalue weighted by molar-refractivity contribution is 0.653. The molecule has 0 saturated carbocycles. The van der Waals surface area contributed by atoms with Gasteiger partial charge in [0.15, 0.2) is 0 Å². The average Bonchev–Trinajstić information content (AvgIpc) is 2.39. The first-order valence-corrected chi connectivity index (χ1v) is 5.95. The zero-order valence-electron chi connectivity index (χ0n) is 9.26. The van der Waals surface area contributed by atoms with E-state index in [1.165, 1.54) is 30.2 Å². The molecule has 16 heavy (non-hydrogen) atoms. The molecule has 1 aliphatic rings. The molecule has 0 N–H and O–H groups in total. The first-order chi connectivity index (χ1) is 7.93. The number of para-hydroxylation sites is 1. The van der Waals surface area contributed by atoms with Crippen LogP contribution in [0.25, 0.3) is 10.9 Å². The van der Waals surface area contributed by atoms with Crippen LogP contribution in [0, 0.1) is 0 Å². The first-order valence-electron chi connectivity index (χ1n) is 5.95. The zero-order chi connectivity index (χ0) is 10.8. The van der Waals surface area contributed by atoms with Gasteiger partial charge in [0.05, 0.1) is 5.52 Å². The average molecular weight is 209 g/mol. The molecule has 0 bridgehead atoms. The molecule has 1 aliphatic carbocycles. The van der Waals surface area contributed by atoms with Gasteiger partial charge in [0.25, 0.3) is 0 Å². The Balaban J connectivity index is 2.04. The summed E-state index contributed by atoms with van der Waals surface area (Å²) in [5.41, 5.74) is 2.45. The summed E-state index contributed by atoms with van der Waals surface area (Å²) in [6, 6.07) is 10.6. The minimum absolute atomic E-state index is 0.575. The Kier molecular flexibility index (Phi) is 2.45. The van der Waals surface area contributed by atoms with Crippen molar-refractivity contribution in [3.8, 4) is 0 Å². The molecule has 1 heterocycles. The molecular weight excluding hydrogens is 194 g/mol. The Morgan fingerprint density at radius 2 is 2.12 bits per heavy atom. The Bertz CT molecular complexity index is 528. The molecule has 2 aromatic rings. The highest BCUT2D eigenvalue weighted by Crippen LogP contribution is 2.28. The molecule has 1 nitrogen and oxygen atoms in total. The van der Waals surface area contributed by atoms with E-state index in [2.05, 4.69) is 41.4 Å². The van der Waals surface area contributed by atoms with E-state index in [0.29, 0.717) is 5.92 Å². The molecule has 1 aromatic carbocycles. The van der Waals surface area contributed by atoms with Crippen LogP contribution in [0.15, 0.2) is 48.7 Å². The Hall–Kier alpha value is -1.63. The number of allylic oxidation sites excluding steroid dienone is 2. The van der Waals surface area contributed by atoms with Crippen LogP contribution in [-0.2, 0) is 0 Å². The summed E-state index contributed by atoms with van der Waals surface area (Å²) in [6.45, 7) is 0.